The van der Waals surface area contributed by atoms with Crippen LogP contribution < -0.4 is 10.5 Å². The van der Waals surface area contributed by atoms with E-state index in [1.807, 2.05) is 24.3 Å². The normalized spacial score (nSPS) is 18.2. The van der Waals surface area contributed by atoms with Crippen molar-refractivity contribution in [3.8, 4) is 5.75 Å². The Labute approximate surface area is 78.7 Å². The van der Waals surface area contributed by atoms with E-state index in [0.717, 1.165) is 17.4 Å². The highest BCUT2D eigenvalue weighted by Gasteiger charge is 2.29. The van der Waals surface area contributed by atoms with Crippen LogP contribution in [0.2, 0.25) is 0 Å². The van der Waals surface area contributed by atoms with Crippen LogP contribution in [0.4, 0.5) is 5.69 Å². The van der Waals surface area contributed by atoms with E-state index < -0.39 is 0 Å². The Bertz CT molecular complexity index is 294. The van der Waals surface area contributed by atoms with Crippen LogP contribution in [0.1, 0.15) is 19.8 Å². The molecular formula is C11H15NO. The summed E-state index contributed by atoms with van der Waals surface area (Å²) < 4.78 is 5.74. The minimum absolute atomic E-state index is 0.310. The third-order valence-electron chi connectivity index (χ3n) is 2.52. The van der Waals surface area contributed by atoms with Gasteiger partial charge in [-0.05, 0) is 37.8 Å². The molecule has 1 atom stereocenters. The molecular weight excluding hydrogens is 162 g/mol. The van der Waals surface area contributed by atoms with E-state index >= 15 is 0 Å². The number of nitrogen functional groups attached to an aromatic ring is 1. The second kappa shape index (κ2) is 3.29. The van der Waals surface area contributed by atoms with Crippen LogP contribution in [-0.2, 0) is 0 Å². The van der Waals surface area contributed by atoms with Crippen molar-refractivity contribution in [1.82, 2.24) is 0 Å². The van der Waals surface area contributed by atoms with Gasteiger partial charge in [0.2, 0.25) is 0 Å². The fourth-order valence-electron chi connectivity index (χ4n) is 1.45. The number of nitrogens with two attached hydrogens (primary N) is 1. The zero-order valence-electron chi connectivity index (χ0n) is 7.86. The zero-order chi connectivity index (χ0) is 9.26. The van der Waals surface area contributed by atoms with Gasteiger partial charge in [-0.1, -0.05) is 12.1 Å². The molecule has 1 unspecified atom stereocenters. The lowest BCUT2D eigenvalue weighted by atomic mass is 10.2. The summed E-state index contributed by atoms with van der Waals surface area (Å²) in [5.41, 5.74) is 6.50. The van der Waals surface area contributed by atoms with E-state index in [0.29, 0.717) is 6.10 Å². The highest BCUT2D eigenvalue weighted by molar-refractivity contribution is 5.51. The quantitative estimate of drug-likeness (QED) is 0.720. The Kier molecular flexibility index (Phi) is 2.13. The Balaban J connectivity index is 2.03. The van der Waals surface area contributed by atoms with Gasteiger partial charge >= 0.3 is 0 Å². The topological polar surface area (TPSA) is 35.2 Å². The molecule has 1 fully saturated rings. The Morgan fingerprint density at radius 3 is 2.69 bits per heavy atom. The molecule has 1 saturated carbocycles. The van der Waals surface area contributed by atoms with Crippen molar-refractivity contribution in [1.29, 1.82) is 0 Å². The van der Waals surface area contributed by atoms with Crippen molar-refractivity contribution in [3.63, 3.8) is 0 Å². The minimum atomic E-state index is 0.310. The van der Waals surface area contributed by atoms with Crippen LogP contribution in [0, 0.1) is 5.92 Å². The molecule has 0 spiro atoms. The van der Waals surface area contributed by atoms with Crippen LogP contribution in [0.5, 0.6) is 5.75 Å². The highest BCUT2D eigenvalue weighted by Crippen LogP contribution is 2.35. The van der Waals surface area contributed by atoms with Crippen molar-refractivity contribution < 1.29 is 4.74 Å². The first kappa shape index (κ1) is 8.42. The van der Waals surface area contributed by atoms with Gasteiger partial charge in [0.15, 0.2) is 0 Å². The molecule has 0 amide bonds. The van der Waals surface area contributed by atoms with Crippen LogP contribution in [0.15, 0.2) is 24.3 Å². The largest absolute Gasteiger partial charge is 0.488 e. The second-order valence-corrected chi connectivity index (χ2v) is 3.70. The van der Waals surface area contributed by atoms with E-state index in [-0.39, 0.29) is 0 Å². The van der Waals surface area contributed by atoms with Gasteiger partial charge < -0.3 is 10.5 Å². The lowest BCUT2D eigenvalue weighted by molar-refractivity contribution is 0.199. The third kappa shape index (κ3) is 1.94. The zero-order valence-corrected chi connectivity index (χ0v) is 7.86. The van der Waals surface area contributed by atoms with Gasteiger partial charge in [0.1, 0.15) is 5.75 Å². The summed E-state index contributed by atoms with van der Waals surface area (Å²) in [6.07, 6.45) is 2.91. The summed E-state index contributed by atoms with van der Waals surface area (Å²) in [6.45, 7) is 2.12. The van der Waals surface area contributed by atoms with Crippen LogP contribution in [0.3, 0.4) is 0 Å². The van der Waals surface area contributed by atoms with Gasteiger partial charge in [-0.2, -0.15) is 0 Å². The second-order valence-electron chi connectivity index (χ2n) is 3.70. The number of hydrogen-bond acceptors (Lipinski definition) is 2. The maximum atomic E-state index is 5.76. The van der Waals surface area contributed by atoms with Gasteiger partial charge in [0.05, 0.1) is 11.8 Å². The maximum absolute atomic E-state index is 5.76. The molecule has 0 saturated heterocycles. The Morgan fingerprint density at radius 2 is 2.08 bits per heavy atom. The van der Waals surface area contributed by atoms with Gasteiger partial charge in [-0.25, -0.2) is 0 Å². The van der Waals surface area contributed by atoms with Crippen molar-refractivity contribution in [2.75, 3.05) is 5.73 Å². The summed E-state index contributed by atoms with van der Waals surface area (Å²) in [5, 5.41) is 0. The average Bonchev–Trinajstić information content (AvgIpc) is 2.91. The van der Waals surface area contributed by atoms with E-state index in [9.17, 15) is 0 Å². The molecule has 2 N–H and O–H groups in total. The molecule has 1 aromatic carbocycles. The fourth-order valence-corrected chi connectivity index (χ4v) is 1.45. The minimum Gasteiger partial charge on any atom is -0.488 e. The first-order valence-electron chi connectivity index (χ1n) is 4.78. The van der Waals surface area contributed by atoms with E-state index in [1.54, 1.807) is 0 Å². The number of ether oxygens (including phenoxy) is 1. The van der Waals surface area contributed by atoms with E-state index in [2.05, 4.69) is 6.92 Å². The molecule has 2 nitrogen and oxygen atoms in total. The average molecular weight is 177 g/mol. The lowest BCUT2D eigenvalue weighted by Gasteiger charge is -2.14. The molecule has 0 bridgehead atoms. The molecule has 0 aromatic heterocycles. The van der Waals surface area contributed by atoms with E-state index in [1.165, 1.54) is 12.8 Å². The highest BCUT2D eigenvalue weighted by atomic mass is 16.5. The van der Waals surface area contributed by atoms with Crippen LogP contribution in [-0.4, -0.2) is 6.10 Å². The van der Waals surface area contributed by atoms with Crippen molar-refractivity contribution in [3.05, 3.63) is 24.3 Å². The van der Waals surface area contributed by atoms with Gasteiger partial charge in [0.25, 0.3) is 0 Å². The summed E-state index contributed by atoms with van der Waals surface area (Å²) in [7, 11) is 0. The Morgan fingerprint density at radius 1 is 1.38 bits per heavy atom. The molecule has 13 heavy (non-hydrogen) atoms. The molecule has 0 aliphatic heterocycles. The van der Waals surface area contributed by atoms with Crippen molar-refractivity contribution >= 4 is 5.69 Å². The van der Waals surface area contributed by atoms with Crippen LogP contribution in [0.25, 0.3) is 0 Å². The van der Waals surface area contributed by atoms with Crippen molar-refractivity contribution in [2.45, 2.75) is 25.9 Å². The lowest BCUT2D eigenvalue weighted by Crippen LogP contribution is -2.14. The summed E-state index contributed by atoms with van der Waals surface area (Å²) in [5.74, 6) is 1.57. The van der Waals surface area contributed by atoms with Gasteiger partial charge in [-0.15, -0.1) is 0 Å². The fraction of sp³-hybridized carbons (Fsp3) is 0.455. The molecule has 1 aliphatic carbocycles. The number of anilines is 1. The van der Waals surface area contributed by atoms with E-state index in [4.69, 9.17) is 10.5 Å². The first-order chi connectivity index (χ1) is 6.27. The van der Waals surface area contributed by atoms with Gasteiger partial charge in [0, 0.05) is 0 Å². The summed E-state index contributed by atoms with van der Waals surface area (Å²) in [6, 6.07) is 7.67. The van der Waals surface area contributed by atoms with Crippen LogP contribution >= 0.6 is 0 Å². The SMILES string of the molecule is CC(Oc1ccccc1N)C1CC1. The molecule has 1 aliphatic rings. The summed E-state index contributed by atoms with van der Waals surface area (Å²) in [4.78, 5) is 0. The molecule has 2 rings (SSSR count). The molecule has 0 heterocycles. The predicted octanol–water partition coefficient (Wildman–Crippen LogP) is 2.45. The number of hydrogen-bond donors (Lipinski definition) is 1. The van der Waals surface area contributed by atoms with Gasteiger partial charge in [-0.3, -0.25) is 0 Å². The predicted molar refractivity (Wildman–Crippen MR) is 53.7 cm³/mol. The molecule has 0 radical (unpaired) electrons. The molecule has 70 valence electrons. The number of benzene rings is 1. The number of para-hydroxylation sites is 2. The Hall–Kier alpha value is -1.18. The molecule has 1 aromatic rings. The third-order valence-corrected chi connectivity index (χ3v) is 2.52. The first-order valence-corrected chi connectivity index (χ1v) is 4.78. The standard InChI is InChI=1S/C11H15NO/c1-8(9-6-7-9)13-11-5-3-2-4-10(11)12/h2-5,8-9H,6-7,12H2,1H3. The maximum Gasteiger partial charge on any atom is 0.142 e. The number of rotatable bonds is 3. The van der Waals surface area contributed by atoms with Crippen molar-refractivity contribution in [2.24, 2.45) is 5.92 Å². The molecule has 2 heteroatoms. The summed E-state index contributed by atoms with van der Waals surface area (Å²) >= 11 is 0. The smallest absolute Gasteiger partial charge is 0.142 e. The monoisotopic (exact) mass is 177 g/mol.